The largest absolute Gasteiger partial charge is 0.489 e. The molecule has 7 heteroatoms. The number of carbonyl (C=O) groups is 1. The van der Waals surface area contributed by atoms with Crippen molar-refractivity contribution in [3.05, 3.63) is 100 Å². The van der Waals surface area contributed by atoms with Crippen LogP contribution in [0.1, 0.15) is 16.2 Å². The summed E-state index contributed by atoms with van der Waals surface area (Å²) >= 11 is 0. The summed E-state index contributed by atoms with van der Waals surface area (Å²) in [6.07, 6.45) is 0. The zero-order chi connectivity index (χ0) is 21.8. The maximum Gasteiger partial charge on any atom is 0.265 e. The fraction of sp³-hybridized carbons (Fsp3) is 0.125. The van der Waals surface area contributed by atoms with Crippen molar-refractivity contribution in [3.8, 4) is 11.4 Å². The van der Waals surface area contributed by atoms with E-state index in [1.54, 1.807) is 61.5 Å². The predicted octanol–water partition coefficient (Wildman–Crippen LogP) is 3.64. The van der Waals surface area contributed by atoms with Gasteiger partial charge in [-0.1, -0.05) is 24.3 Å². The van der Waals surface area contributed by atoms with Crippen LogP contribution in [0, 0.1) is 12.7 Å². The van der Waals surface area contributed by atoms with Crippen molar-refractivity contribution in [2.75, 3.05) is 13.2 Å². The number of hydrogen-bond acceptors (Lipinski definition) is 4. The lowest BCUT2D eigenvalue weighted by Gasteiger charge is -2.12. The lowest BCUT2D eigenvalue weighted by molar-refractivity contribution is 0.0946. The molecule has 3 aromatic carbocycles. The second-order valence-electron chi connectivity index (χ2n) is 6.90. The first-order valence-corrected chi connectivity index (χ1v) is 9.79. The molecule has 156 valence electrons. The molecule has 0 atom stereocenters. The van der Waals surface area contributed by atoms with Gasteiger partial charge < -0.3 is 10.1 Å². The minimum absolute atomic E-state index is 0.141. The van der Waals surface area contributed by atoms with E-state index < -0.39 is 5.82 Å². The van der Waals surface area contributed by atoms with E-state index in [-0.39, 0.29) is 30.4 Å². The summed E-state index contributed by atoms with van der Waals surface area (Å²) in [6.45, 7) is 2.13. The van der Waals surface area contributed by atoms with Crippen LogP contribution < -0.4 is 15.6 Å². The maximum absolute atomic E-state index is 13.5. The van der Waals surface area contributed by atoms with Gasteiger partial charge in [0, 0.05) is 5.56 Å². The number of fused-ring (bicyclic) bond motifs is 1. The lowest BCUT2D eigenvalue weighted by Crippen LogP contribution is -2.28. The molecule has 4 aromatic rings. The topological polar surface area (TPSA) is 73.2 Å². The summed E-state index contributed by atoms with van der Waals surface area (Å²) in [5, 5.41) is 3.26. The van der Waals surface area contributed by atoms with Crippen LogP contribution in [0.2, 0.25) is 0 Å². The number of aryl methyl sites for hydroxylation is 1. The zero-order valence-electron chi connectivity index (χ0n) is 16.8. The van der Waals surface area contributed by atoms with Crippen molar-refractivity contribution in [1.82, 2.24) is 14.9 Å². The van der Waals surface area contributed by atoms with E-state index >= 15 is 0 Å². The third kappa shape index (κ3) is 4.30. The van der Waals surface area contributed by atoms with Crippen LogP contribution in [-0.2, 0) is 0 Å². The first-order chi connectivity index (χ1) is 15.0. The number of hydrogen-bond donors (Lipinski definition) is 1. The summed E-state index contributed by atoms with van der Waals surface area (Å²) in [5.74, 6) is -0.0281. The molecule has 0 fully saturated rings. The SMILES string of the molecule is Cc1nc2ccccc2c(=O)n1-c1ccc(C(=O)NCCOc2ccccc2F)cc1. The normalized spacial score (nSPS) is 10.8. The number of rotatable bonds is 6. The van der Waals surface area contributed by atoms with Crippen molar-refractivity contribution in [2.45, 2.75) is 6.92 Å². The molecule has 0 saturated carbocycles. The summed E-state index contributed by atoms with van der Waals surface area (Å²) in [7, 11) is 0. The van der Waals surface area contributed by atoms with Crippen molar-refractivity contribution < 1.29 is 13.9 Å². The number of nitrogens with one attached hydrogen (secondary N) is 1. The van der Waals surface area contributed by atoms with Gasteiger partial charge in [-0.2, -0.15) is 0 Å². The van der Waals surface area contributed by atoms with E-state index in [9.17, 15) is 14.0 Å². The summed E-state index contributed by atoms with van der Waals surface area (Å²) in [5.41, 5.74) is 1.55. The molecule has 0 unspecified atom stereocenters. The van der Waals surface area contributed by atoms with Crippen LogP contribution in [-0.4, -0.2) is 28.6 Å². The first-order valence-electron chi connectivity index (χ1n) is 9.79. The minimum Gasteiger partial charge on any atom is -0.489 e. The Kier molecular flexibility index (Phi) is 5.75. The lowest BCUT2D eigenvalue weighted by atomic mass is 10.2. The monoisotopic (exact) mass is 417 g/mol. The second kappa shape index (κ2) is 8.79. The Bertz CT molecular complexity index is 1300. The fourth-order valence-electron chi connectivity index (χ4n) is 3.30. The highest BCUT2D eigenvalue weighted by molar-refractivity contribution is 5.94. The Morgan fingerprint density at radius 3 is 2.52 bits per heavy atom. The molecule has 4 rings (SSSR count). The molecule has 6 nitrogen and oxygen atoms in total. The van der Waals surface area contributed by atoms with Crippen molar-refractivity contribution in [1.29, 1.82) is 0 Å². The standard InChI is InChI=1S/C24H20FN3O3/c1-16-27-21-8-4-2-6-19(21)24(30)28(16)18-12-10-17(11-13-18)23(29)26-14-15-31-22-9-5-3-7-20(22)25/h2-13H,14-15H2,1H3,(H,26,29). The Hall–Kier alpha value is -4.00. The molecule has 1 N–H and O–H groups in total. The molecule has 1 aromatic heterocycles. The smallest absolute Gasteiger partial charge is 0.265 e. The van der Waals surface area contributed by atoms with Gasteiger partial charge in [-0.3, -0.25) is 14.2 Å². The number of nitrogens with zero attached hydrogens (tertiary/aromatic N) is 2. The maximum atomic E-state index is 13.5. The highest BCUT2D eigenvalue weighted by Crippen LogP contribution is 2.15. The van der Waals surface area contributed by atoms with Gasteiger partial charge in [-0.05, 0) is 55.5 Å². The van der Waals surface area contributed by atoms with Gasteiger partial charge in [0.2, 0.25) is 0 Å². The Morgan fingerprint density at radius 1 is 1.03 bits per heavy atom. The van der Waals surface area contributed by atoms with E-state index in [2.05, 4.69) is 10.3 Å². The molecule has 1 heterocycles. The average Bonchev–Trinajstić information content (AvgIpc) is 2.78. The molecule has 31 heavy (non-hydrogen) atoms. The van der Waals surface area contributed by atoms with E-state index in [1.807, 2.05) is 6.07 Å². The van der Waals surface area contributed by atoms with Crippen LogP contribution in [0.5, 0.6) is 5.75 Å². The highest BCUT2D eigenvalue weighted by atomic mass is 19.1. The number of carbonyl (C=O) groups excluding carboxylic acids is 1. The molecule has 1 amide bonds. The van der Waals surface area contributed by atoms with Crippen molar-refractivity contribution >= 4 is 16.8 Å². The number of ether oxygens (including phenoxy) is 1. The summed E-state index contributed by atoms with van der Waals surface area (Å²) in [6, 6.07) is 20.0. The van der Waals surface area contributed by atoms with Gasteiger partial charge in [0.1, 0.15) is 12.4 Å². The molecule has 0 saturated heterocycles. The van der Waals surface area contributed by atoms with Gasteiger partial charge in [0.05, 0.1) is 23.1 Å². The molecule has 0 radical (unpaired) electrons. The Morgan fingerprint density at radius 2 is 1.74 bits per heavy atom. The first kappa shape index (κ1) is 20.3. The quantitative estimate of drug-likeness (QED) is 0.486. The third-order valence-electron chi connectivity index (χ3n) is 4.81. The summed E-state index contributed by atoms with van der Waals surface area (Å²) < 4.78 is 20.4. The van der Waals surface area contributed by atoms with Gasteiger partial charge in [-0.25, -0.2) is 9.37 Å². The molecule has 0 spiro atoms. The molecular formula is C24H20FN3O3. The van der Waals surface area contributed by atoms with Crippen molar-refractivity contribution in [3.63, 3.8) is 0 Å². The van der Waals surface area contributed by atoms with E-state index in [0.717, 1.165) is 0 Å². The average molecular weight is 417 g/mol. The number of aromatic nitrogens is 2. The molecule has 0 aliphatic carbocycles. The van der Waals surface area contributed by atoms with Crippen LogP contribution in [0.4, 0.5) is 4.39 Å². The van der Waals surface area contributed by atoms with Gasteiger partial charge >= 0.3 is 0 Å². The van der Waals surface area contributed by atoms with Crippen LogP contribution in [0.3, 0.4) is 0 Å². The third-order valence-corrected chi connectivity index (χ3v) is 4.81. The zero-order valence-corrected chi connectivity index (χ0v) is 16.8. The van der Waals surface area contributed by atoms with E-state index in [1.165, 1.54) is 16.7 Å². The molecule has 0 aliphatic rings. The fourth-order valence-corrected chi connectivity index (χ4v) is 3.30. The van der Waals surface area contributed by atoms with Crippen LogP contribution >= 0.6 is 0 Å². The number of para-hydroxylation sites is 2. The van der Waals surface area contributed by atoms with Gasteiger partial charge in [0.25, 0.3) is 11.5 Å². The van der Waals surface area contributed by atoms with Crippen LogP contribution in [0.15, 0.2) is 77.6 Å². The Labute approximate surface area is 177 Å². The minimum atomic E-state index is -0.446. The van der Waals surface area contributed by atoms with Crippen molar-refractivity contribution in [2.24, 2.45) is 0 Å². The van der Waals surface area contributed by atoms with Gasteiger partial charge in [-0.15, -0.1) is 0 Å². The number of halogens is 1. The molecule has 0 aliphatic heterocycles. The molecule has 0 bridgehead atoms. The molecular weight excluding hydrogens is 397 g/mol. The second-order valence-corrected chi connectivity index (χ2v) is 6.90. The summed E-state index contributed by atoms with van der Waals surface area (Å²) in [4.78, 5) is 29.7. The van der Waals surface area contributed by atoms with E-state index in [0.29, 0.717) is 28.0 Å². The predicted molar refractivity (Wildman–Crippen MR) is 116 cm³/mol. The van der Waals surface area contributed by atoms with E-state index in [4.69, 9.17) is 4.74 Å². The Balaban J connectivity index is 1.44. The van der Waals surface area contributed by atoms with Crippen LogP contribution in [0.25, 0.3) is 16.6 Å². The number of benzene rings is 3. The van der Waals surface area contributed by atoms with Gasteiger partial charge in [0.15, 0.2) is 11.6 Å². The highest BCUT2D eigenvalue weighted by Gasteiger charge is 2.11. The number of amides is 1.